The molecule has 0 saturated carbocycles. The van der Waals surface area contributed by atoms with Gasteiger partial charge < -0.3 is 4.74 Å². The SMILES string of the molecule is Cc1ccc(-c2ncc(CC3CCC(C)(C#N)O3)cc2F)cc1. The van der Waals surface area contributed by atoms with Crippen molar-refractivity contribution in [2.75, 3.05) is 0 Å². The molecule has 4 heteroatoms. The lowest BCUT2D eigenvalue weighted by molar-refractivity contribution is 0.0105. The fourth-order valence-electron chi connectivity index (χ4n) is 2.92. The zero-order valence-corrected chi connectivity index (χ0v) is 13.3. The fraction of sp³-hybridized carbons (Fsp3) is 0.368. The molecule has 118 valence electrons. The third-order valence-electron chi connectivity index (χ3n) is 4.29. The van der Waals surface area contributed by atoms with E-state index >= 15 is 0 Å². The van der Waals surface area contributed by atoms with Gasteiger partial charge in [-0.3, -0.25) is 4.98 Å². The van der Waals surface area contributed by atoms with Gasteiger partial charge in [-0.05, 0) is 38.3 Å². The molecular formula is C19H19FN2O. The van der Waals surface area contributed by atoms with E-state index in [4.69, 9.17) is 10.00 Å². The second-order valence-corrected chi connectivity index (χ2v) is 6.37. The summed E-state index contributed by atoms with van der Waals surface area (Å²) >= 11 is 0. The molecule has 1 saturated heterocycles. The first-order valence-electron chi connectivity index (χ1n) is 7.80. The number of hydrogen-bond acceptors (Lipinski definition) is 3. The molecule has 3 rings (SSSR count). The van der Waals surface area contributed by atoms with E-state index in [-0.39, 0.29) is 11.9 Å². The lowest BCUT2D eigenvalue weighted by atomic mass is 10.0. The average molecular weight is 310 g/mol. The van der Waals surface area contributed by atoms with E-state index in [9.17, 15) is 4.39 Å². The predicted molar refractivity (Wildman–Crippen MR) is 86.2 cm³/mol. The van der Waals surface area contributed by atoms with Gasteiger partial charge in [-0.15, -0.1) is 0 Å². The Labute approximate surface area is 135 Å². The quantitative estimate of drug-likeness (QED) is 0.853. The smallest absolute Gasteiger partial charge is 0.151 e. The second kappa shape index (κ2) is 6.10. The highest BCUT2D eigenvalue weighted by atomic mass is 19.1. The van der Waals surface area contributed by atoms with Crippen LogP contribution in [-0.4, -0.2) is 16.7 Å². The molecule has 1 aromatic carbocycles. The molecule has 1 aliphatic rings. The van der Waals surface area contributed by atoms with Crippen LogP contribution in [0.4, 0.5) is 4.39 Å². The minimum absolute atomic E-state index is 0.0499. The van der Waals surface area contributed by atoms with Crippen LogP contribution in [0.5, 0.6) is 0 Å². The van der Waals surface area contributed by atoms with Crippen LogP contribution in [0.15, 0.2) is 36.5 Å². The van der Waals surface area contributed by atoms with Gasteiger partial charge in [0.2, 0.25) is 0 Å². The van der Waals surface area contributed by atoms with Gasteiger partial charge in [0.25, 0.3) is 0 Å². The zero-order valence-electron chi connectivity index (χ0n) is 13.3. The summed E-state index contributed by atoms with van der Waals surface area (Å²) in [5.41, 5.74) is 2.35. The number of aryl methyl sites for hydroxylation is 1. The Morgan fingerprint density at radius 1 is 1.39 bits per heavy atom. The highest BCUT2D eigenvalue weighted by molar-refractivity contribution is 5.60. The van der Waals surface area contributed by atoms with Crippen molar-refractivity contribution in [1.82, 2.24) is 4.98 Å². The van der Waals surface area contributed by atoms with Crippen molar-refractivity contribution >= 4 is 0 Å². The summed E-state index contributed by atoms with van der Waals surface area (Å²) in [5.74, 6) is -0.326. The number of hydrogen-bond donors (Lipinski definition) is 0. The number of ether oxygens (including phenoxy) is 1. The Bertz CT molecular complexity index is 751. The van der Waals surface area contributed by atoms with Gasteiger partial charge in [0.05, 0.1) is 12.2 Å². The Kier molecular flexibility index (Phi) is 4.14. The van der Waals surface area contributed by atoms with Crippen molar-refractivity contribution < 1.29 is 9.13 Å². The Morgan fingerprint density at radius 3 is 2.74 bits per heavy atom. The summed E-state index contributed by atoms with van der Waals surface area (Å²) in [6.45, 7) is 3.79. The van der Waals surface area contributed by atoms with Gasteiger partial charge in [-0.2, -0.15) is 5.26 Å². The minimum Gasteiger partial charge on any atom is -0.357 e. The summed E-state index contributed by atoms with van der Waals surface area (Å²) in [5, 5.41) is 9.09. The van der Waals surface area contributed by atoms with Crippen molar-refractivity contribution in [3.8, 4) is 17.3 Å². The third kappa shape index (κ3) is 3.40. The van der Waals surface area contributed by atoms with Crippen molar-refractivity contribution in [3.05, 3.63) is 53.5 Å². The minimum atomic E-state index is -0.710. The first kappa shape index (κ1) is 15.6. The molecule has 3 nitrogen and oxygen atoms in total. The van der Waals surface area contributed by atoms with Crippen molar-refractivity contribution in [2.45, 2.75) is 44.8 Å². The summed E-state index contributed by atoms with van der Waals surface area (Å²) in [4.78, 5) is 4.28. The molecule has 2 heterocycles. The topological polar surface area (TPSA) is 45.9 Å². The lowest BCUT2D eigenvalue weighted by Gasteiger charge is -2.16. The highest BCUT2D eigenvalue weighted by Crippen LogP contribution is 2.31. The maximum absolute atomic E-state index is 14.4. The molecule has 0 amide bonds. The van der Waals surface area contributed by atoms with E-state index in [2.05, 4.69) is 11.1 Å². The first-order chi connectivity index (χ1) is 11.0. The standard InChI is InChI=1S/C19H19FN2O/c1-13-3-5-15(6-4-13)18-17(20)10-14(11-22-18)9-16-7-8-19(2,12-21)23-16/h3-6,10-11,16H,7-9H2,1-2H3. The summed E-state index contributed by atoms with van der Waals surface area (Å²) in [6.07, 6.45) is 3.75. The van der Waals surface area contributed by atoms with Gasteiger partial charge >= 0.3 is 0 Å². The molecule has 1 aliphatic heterocycles. The third-order valence-corrected chi connectivity index (χ3v) is 4.29. The number of nitriles is 1. The lowest BCUT2D eigenvalue weighted by Crippen LogP contribution is -2.23. The molecule has 0 radical (unpaired) electrons. The van der Waals surface area contributed by atoms with Crippen LogP contribution in [0.2, 0.25) is 0 Å². The van der Waals surface area contributed by atoms with Gasteiger partial charge in [0, 0.05) is 18.2 Å². The van der Waals surface area contributed by atoms with Gasteiger partial charge in [0.1, 0.15) is 11.5 Å². The molecule has 2 unspecified atom stereocenters. The second-order valence-electron chi connectivity index (χ2n) is 6.37. The number of pyridine rings is 1. The van der Waals surface area contributed by atoms with Gasteiger partial charge in [-0.1, -0.05) is 29.8 Å². The van der Waals surface area contributed by atoms with Crippen molar-refractivity contribution in [2.24, 2.45) is 0 Å². The van der Waals surface area contributed by atoms with Crippen LogP contribution >= 0.6 is 0 Å². The first-order valence-corrected chi connectivity index (χ1v) is 7.80. The van der Waals surface area contributed by atoms with Crippen molar-refractivity contribution in [3.63, 3.8) is 0 Å². The largest absolute Gasteiger partial charge is 0.357 e. The molecule has 1 fully saturated rings. The van der Waals surface area contributed by atoms with Crippen LogP contribution < -0.4 is 0 Å². The summed E-state index contributed by atoms with van der Waals surface area (Å²) in [6, 6.07) is 11.3. The monoisotopic (exact) mass is 310 g/mol. The summed E-state index contributed by atoms with van der Waals surface area (Å²) < 4.78 is 20.1. The van der Waals surface area contributed by atoms with E-state index in [1.807, 2.05) is 31.2 Å². The van der Waals surface area contributed by atoms with E-state index in [1.165, 1.54) is 6.07 Å². The number of aromatic nitrogens is 1. The van der Waals surface area contributed by atoms with E-state index < -0.39 is 5.60 Å². The van der Waals surface area contributed by atoms with Crippen LogP contribution in [0.1, 0.15) is 30.9 Å². The number of nitrogens with zero attached hydrogens (tertiary/aromatic N) is 2. The number of rotatable bonds is 3. The fourth-order valence-corrected chi connectivity index (χ4v) is 2.92. The normalized spacial score (nSPS) is 23.7. The Hall–Kier alpha value is -2.25. The average Bonchev–Trinajstić information content (AvgIpc) is 2.91. The number of benzene rings is 1. The van der Waals surface area contributed by atoms with Crippen LogP contribution in [0.3, 0.4) is 0 Å². The van der Waals surface area contributed by atoms with Crippen LogP contribution in [-0.2, 0) is 11.2 Å². The summed E-state index contributed by atoms with van der Waals surface area (Å²) in [7, 11) is 0. The molecule has 1 aromatic heterocycles. The van der Waals surface area contributed by atoms with Gasteiger partial charge in [-0.25, -0.2) is 4.39 Å². The van der Waals surface area contributed by atoms with Crippen LogP contribution in [0.25, 0.3) is 11.3 Å². The van der Waals surface area contributed by atoms with E-state index in [0.717, 1.165) is 23.1 Å². The Morgan fingerprint density at radius 2 is 2.13 bits per heavy atom. The zero-order chi connectivity index (χ0) is 16.4. The van der Waals surface area contributed by atoms with E-state index in [0.29, 0.717) is 18.5 Å². The van der Waals surface area contributed by atoms with Crippen LogP contribution in [0, 0.1) is 24.1 Å². The molecule has 0 bridgehead atoms. The molecule has 0 N–H and O–H groups in total. The van der Waals surface area contributed by atoms with E-state index in [1.54, 1.807) is 13.1 Å². The molecule has 0 aliphatic carbocycles. The molecular weight excluding hydrogens is 291 g/mol. The maximum Gasteiger partial charge on any atom is 0.151 e. The molecule has 2 aromatic rings. The Balaban J connectivity index is 1.75. The van der Waals surface area contributed by atoms with Gasteiger partial charge in [0.15, 0.2) is 5.60 Å². The predicted octanol–water partition coefficient (Wildman–Crippen LogP) is 4.20. The molecule has 0 spiro atoms. The molecule has 2 atom stereocenters. The number of halogens is 1. The molecule has 23 heavy (non-hydrogen) atoms. The maximum atomic E-state index is 14.4. The highest BCUT2D eigenvalue weighted by Gasteiger charge is 2.36. The van der Waals surface area contributed by atoms with Crippen molar-refractivity contribution in [1.29, 1.82) is 5.26 Å².